The van der Waals surface area contributed by atoms with Crippen molar-refractivity contribution in [2.45, 2.75) is 31.7 Å². The van der Waals surface area contributed by atoms with Crippen LogP contribution in [-0.2, 0) is 4.79 Å². The standard InChI is InChI=1S/C16H18N6O/c23-15-13(8-2-1-5-9-17-15)21-16-20-12-7-4-3-6-11(12)14-18-10-19-22(14)16/h3-4,6-7,10,13H,1-2,5,8-9H2,(H,17,23)(H,20,21). The highest BCUT2D eigenvalue weighted by Gasteiger charge is 2.21. The highest BCUT2D eigenvalue weighted by atomic mass is 16.2. The molecule has 2 N–H and O–H groups in total. The Morgan fingerprint density at radius 3 is 3.09 bits per heavy atom. The van der Waals surface area contributed by atoms with Gasteiger partial charge in [0, 0.05) is 11.9 Å². The maximum Gasteiger partial charge on any atom is 0.242 e. The van der Waals surface area contributed by atoms with E-state index in [1.54, 1.807) is 4.52 Å². The van der Waals surface area contributed by atoms with Gasteiger partial charge in [0.1, 0.15) is 12.4 Å². The van der Waals surface area contributed by atoms with Crippen LogP contribution in [0.15, 0.2) is 30.6 Å². The molecule has 118 valence electrons. The molecule has 23 heavy (non-hydrogen) atoms. The van der Waals surface area contributed by atoms with Crippen molar-refractivity contribution >= 4 is 28.4 Å². The molecule has 4 rings (SSSR count). The molecule has 2 aromatic heterocycles. The fourth-order valence-electron chi connectivity index (χ4n) is 3.00. The normalized spacial score (nSPS) is 19.3. The maximum absolute atomic E-state index is 12.3. The van der Waals surface area contributed by atoms with Crippen LogP contribution in [0.4, 0.5) is 5.95 Å². The molecule has 1 unspecified atom stereocenters. The first-order valence-electron chi connectivity index (χ1n) is 7.96. The molecule has 0 bridgehead atoms. The van der Waals surface area contributed by atoms with E-state index in [1.165, 1.54) is 6.33 Å². The molecular formula is C16H18N6O. The molecule has 0 spiro atoms. The number of amides is 1. The Kier molecular flexibility index (Phi) is 3.53. The summed E-state index contributed by atoms with van der Waals surface area (Å²) in [6.45, 7) is 0.737. The summed E-state index contributed by atoms with van der Waals surface area (Å²) in [4.78, 5) is 21.2. The van der Waals surface area contributed by atoms with Gasteiger partial charge in [-0.05, 0) is 25.0 Å². The van der Waals surface area contributed by atoms with Gasteiger partial charge in [0.25, 0.3) is 0 Å². The lowest BCUT2D eigenvalue weighted by atomic mass is 10.1. The molecule has 1 aliphatic rings. The molecule has 1 saturated heterocycles. The number of hydrogen-bond donors (Lipinski definition) is 2. The second-order valence-electron chi connectivity index (χ2n) is 5.79. The fraction of sp³-hybridized carbons (Fsp3) is 0.375. The molecule has 0 saturated carbocycles. The number of nitrogens with zero attached hydrogens (tertiary/aromatic N) is 4. The first kappa shape index (κ1) is 13.9. The van der Waals surface area contributed by atoms with Crippen molar-refractivity contribution in [3.63, 3.8) is 0 Å². The van der Waals surface area contributed by atoms with E-state index in [9.17, 15) is 4.79 Å². The van der Waals surface area contributed by atoms with Crippen molar-refractivity contribution in [2.75, 3.05) is 11.9 Å². The number of nitrogens with one attached hydrogen (secondary N) is 2. The van der Waals surface area contributed by atoms with E-state index < -0.39 is 0 Å². The number of hydrogen-bond acceptors (Lipinski definition) is 5. The summed E-state index contributed by atoms with van der Waals surface area (Å²) >= 11 is 0. The minimum atomic E-state index is -0.295. The van der Waals surface area contributed by atoms with Gasteiger partial charge in [-0.2, -0.15) is 9.61 Å². The first-order valence-corrected chi connectivity index (χ1v) is 7.96. The lowest BCUT2D eigenvalue weighted by Crippen LogP contribution is -2.41. The molecular weight excluding hydrogens is 292 g/mol. The van der Waals surface area contributed by atoms with Crippen molar-refractivity contribution < 1.29 is 4.79 Å². The molecule has 3 aromatic rings. The average molecular weight is 310 g/mol. The van der Waals surface area contributed by atoms with Gasteiger partial charge in [0.15, 0.2) is 5.65 Å². The zero-order chi connectivity index (χ0) is 15.6. The number of benzene rings is 1. The van der Waals surface area contributed by atoms with Gasteiger partial charge >= 0.3 is 0 Å². The number of carbonyl (C=O) groups is 1. The van der Waals surface area contributed by atoms with Crippen LogP contribution in [0.25, 0.3) is 16.6 Å². The molecule has 7 heteroatoms. The van der Waals surface area contributed by atoms with Crippen molar-refractivity contribution in [1.82, 2.24) is 24.9 Å². The Morgan fingerprint density at radius 2 is 2.13 bits per heavy atom. The predicted octanol–water partition coefficient (Wildman–Crippen LogP) is 1.75. The van der Waals surface area contributed by atoms with Gasteiger partial charge in [-0.25, -0.2) is 9.97 Å². The van der Waals surface area contributed by atoms with Crippen LogP contribution >= 0.6 is 0 Å². The minimum absolute atomic E-state index is 0.0212. The minimum Gasteiger partial charge on any atom is -0.354 e. The molecule has 0 aliphatic carbocycles. The molecule has 1 aromatic carbocycles. The van der Waals surface area contributed by atoms with E-state index in [4.69, 9.17) is 0 Å². The van der Waals surface area contributed by atoms with Crippen LogP contribution in [0, 0.1) is 0 Å². The SMILES string of the molecule is O=C1NCCCCCC1Nc1nc2ccccc2c2ncnn12. The van der Waals surface area contributed by atoms with Crippen LogP contribution in [-0.4, -0.2) is 38.1 Å². The smallest absolute Gasteiger partial charge is 0.242 e. The third-order valence-corrected chi connectivity index (χ3v) is 4.21. The largest absolute Gasteiger partial charge is 0.354 e. The molecule has 7 nitrogen and oxygen atoms in total. The second kappa shape index (κ2) is 5.83. The predicted molar refractivity (Wildman–Crippen MR) is 87.2 cm³/mol. The summed E-state index contributed by atoms with van der Waals surface area (Å²) in [6.07, 6.45) is 5.49. The Hall–Kier alpha value is -2.70. The Balaban J connectivity index is 1.74. The van der Waals surface area contributed by atoms with E-state index >= 15 is 0 Å². The van der Waals surface area contributed by atoms with E-state index in [-0.39, 0.29) is 11.9 Å². The molecule has 1 aliphatic heterocycles. The third kappa shape index (κ3) is 2.58. The molecule has 1 amide bonds. The van der Waals surface area contributed by atoms with E-state index in [1.807, 2.05) is 24.3 Å². The topological polar surface area (TPSA) is 84.2 Å². The Bertz CT molecular complexity index is 858. The highest BCUT2D eigenvalue weighted by molar-refractivity contribution is 5.92. The zero-order valence-corrected chi connectivity index (χ0v) is 12.7. The summed E-state index contributed by atoms with van der Waals surface area (Å²) < 4.78 is 1.66. The zero-order valence-electron chi connectivity index (χ0n) is 12.7. The average Bonchev–Trinajstić information content (AvgIpc) is 3.05. The molecule has 0 radical (unpaired) electrons. The summed E-state index contributed by atoms with van der Waals surface area (Å²) in [7, 11) is 0. The fourth-order valence-corrected chi connectivity index (χ4v) is 3.00. The Labute approximate surface area is 133 Å². The van der Waals surface area contributed by atoms with Crippen LogP contribution < -0.4 is 10.6 Å². The van der Waals surface area contributed by atoms with Crippen LogP contribution in [0.5, 0.6) is 0 Å². The first-order chi connectivity index (χ1) is 11.3. The van der Waals surface area contributed by atoms with Crippen molar-refractivity contribution in [3.8, 4) is 0 Å². The van der Waals surface area contributed by atoms with Gasteiger partial charge in [-0.3, -0.25) is 4.79 Å². The molecule has 1 fully saturated rings. The summed E-state index contributed by atoms with van der Waals surface area (Å²) in [6, 6.07) is 7.51. The molecule has 1 atom stereocenters. The van der Waals surface area contributed by atoms with E-state index in [2.05, 4.69) is 25.7 Å². The van der Waals surface area contributed by atoms with Crippen molar-refractivity contribution in [3.05, 3.63) is 30.6 Å². The van der Waals surface area contributed by atoms with Gasteiger partial charge < -0.3 is 10.6 Å². The summed E-state index contributed by atoms with van der Waals surface area (Å²) in [5.74, 6) is 0.574. The number of para-hydroxylation sites is 1. The van der Waals surface area contributed by atoms with Crippen molar-refractivity contribution in [2.24, 2.45) is 0 Å². The lowest BCUT2D eigenvalue weighted by Gasteiger charge is -2.21. The summed E-state index contributed by atoms with van der Waals surface area (Å²) in [5.41, 5.74) is 1.58. The second-order valence-corrected chi connectivity index (χ2v) is 5.79. The van der Waals surface area contributed by atoms with Gasteiger partial charge in [-0.1, -0.05) is 25.0 Å². The van der Waals surface area contributed by atoms with Gasteiger partial charge in [-0.15, -0.1) is 0 Å². The highest BCUT2D eigenvalue weighted by Crippen LogP contribution is 2.21. The number of rotatable bonds is 2. The lowest BCUT2D eigenvalue weighted by molar-refractivity contribution is -0.122. The molecule has 3 heterocycles. The van der Waals surface area contributed by atoms with Gasteiger partial charge in [0.2, 0.25) is 11.9 Å². The number of anilines is 1. The maximum atomic E-state index is 12.3. The Morgan fingerprint density at radius 1 is 1.22 bits per heavy atom. The number of carbonyl (C=O) groups excluding carboxylic acids is 1. The summed E-state index contributed by atoms with van der Waals surface area (Å²) in [5, 5.41) is 11.4. The third-order valence-electron chi connectivity index (χ3n) is 4.21. The number of fused-ring (bicyclic) bond motifs is 3. The van der Waals surface area contributed by atoms with Crippen LogP contribution in [0.3, 0.4) is 0 Å². The number of aromatic nitrogens is 4. The van der Waals surface area contributed by atoms with Crippen molar-refractivity contribution in [1.29, 1.82) is 0 Å². The van der Waals surface area contributed by atoms with Crippen LogP contribution in [0.1, 0.15) is 25.7 Å². The quantitative estimate of drug-likeness (QED) is 0.753. The van der Waals surface area contributed by atoms with Gasteiger partial charge in [0.05, 0.1) is 5.52 Å². The van der Waals surface area contributed by atoms with E-state index in [0.717, 1.165) is 48.8 Å². The van der Waals surface area contributed by atoms with E-state index in [0.29, 0.717) is 5.95 Å². The van der Waals surface area contributed by atoms with Crippen LogP contribution in [0.2, 0.25) is 0 Å². The monoisotopic (exact) mass is 310 g/mol.